The summed E-state index contributed by atoms with van der Waals surface area (Å²) in [7, 11) is 0. The maximum Gasteiger partial charge on any atom is 0.218 e. The lowest BCUT2D eigenvalue weighted by Gasteiger charge is -2.05. The number of benzene rings is 1. The van der Waals surface area contributed by atoms with Crippen molar-refractivity contribution in [1.82, 2.24) is 0 Å². The predicted octanol–water partition coefficient (Wildman–Crippen LogP) is 1.28. The van der Waals surface area contributed by atoms with Crippen LogP contribution in [0.4, 0.5) is 10.1 Å². The molecule has 0 heterocycles. The Balaban J connectivity index is 2.68. The molecule has 5 N–H and O–H groups in total. The van der Waals surface area contributed by atoms with E-state index < -0.39 is 0 Å². The highest BCUT2D eigenvalue weighted by Crippen LogP contribution is 2.07. The van der Waals surface area contributed by atoms with Gasteiger partial charge < -0.3 is 16.8 Å². The van der Waals surface area contributed by atoms with Gasteiger partial charge in [0, 0.05) is 11.7 Å². The zero-order valence-corrected chi connectivity index (χ0v) is 9.81. The summed E-state index contributed by atoms with van der Waals surface area (Å²) in [5, 5.41) is 2.77. The summed E-state index contributed by atoms with van der Waals surface area (Å²) in [6, 6.07) is 5.79. The number of hydrogen-bond acceptors (Lipinski definition) is 1. The van der Waals surface area contributed by atoms with Gasteiger partial charge in [0.1, 0.15) is 5.82 Å². The second-order valence-electron chi connectivity index (χ2n) is 3.71. The van der Waals surface area contributed by atoms with E-state index in [2.05, 4.69) is 15.3 Å². The van der Waals surface area contributed by atoms with Crippen LogP contribution in [0.2, 0.25) is 0 Å². The Hall–Kier alpha value is -2.11. The maximum atomic E-state index is 12.6. The number of hydrogen-bond donors (Lipinski definition) is 3. The highest BCUT2D eigenvalue weighted by Gasteiger charge is 1.97. The molecule has 0 radical (unpaired) electrons. The minimum absolute atomic E-state index is 0.0531. The number of anilines is 1. The SMILES string of the molecule is CC(C)N=C(N)/N=C(\N)Nc1ccc(F)cc1. The minimum Gasteiger partial charge on any atom is -0.369 e. The van der Waals surface area contributed by atoms with Crippen LogP contribution in [-0.2, 0) is 0 Å². The Morgan fingerprint density at radius 1 is 1.24 bits per heavy atom. The van der Waals surface area contributed by atoms with Crippen molar-refractivity contribution in [2.75, 3.05) is 5.32 Å². The first-order valence-corrected chi connectivity index (χ1v) is 5.17. The molecule has 17 heavy (non-hydrogen) atoms. The fraction of sp³-hybridized carbons (Fsp3) is 0.273. The molecule has 0 atom stereocenters. The van der Waals surface area contributed by atoms with Crippen LogP contribution in [0, 0.1) is 5.82 Å². The molecule has 0 amide bonds. The fourth-order valence-corrected chi connectivity index (χ4v) is 1.13. The van der Waals surface area contributed by atoms with Crippen LogP contribution in [0.25, 0.3) is 0 Å². The van der Waals surface area contributed by atoms with Crippen molar-refractivity contribution < 1.29 is 4.39 Å². The van der Waals surface area contributed by atoms with Gasteiger partial charge in [-0.3, -0.25) is 0 Å². The number of halogens is 1. The van der Waals surface area contributed by atoms with Crippen molar-refractivity contribution in [1.29, 1.82) is 0 Å². The third-order valence-corrected chi connectivity index (χ3v) is 1.74. The van der Waals surface area contributed by atoms with Crippen LogP contribution in [0.15, 0.2) is 34.3 Å². The van der Waals surface area contributed by atoms with Gasteiger partial charge in [-0.05, 0) is 38.1 Å². The van der Waals surface area contributed by atoms with Crippen molar-refractivity contribution in [3.8, 4) is 0 Å². The highest BCUT2D eigenvalue weighted by atomic mass is 19.1. The average molecular weight is 237 g/mol. The lowest BCUT2D eigenvalue weighted by molar-refractivity contribution is 0.628. The Kier molecular flexibility index (Phi) is 4.45. The second kappa shape index (κ2) is 5.83. The van der Waals surface area contributed by atoms with Gasteiger partial charge in [0.25, 0.3) is 0 Å². The molecule has 92 valence electrons. The number of nitrogens with one attached hydrogen (secondary N) is 1. The molecule has 0 unspecified atom stereocenters. The molecule has 0 aromatic heterocycles. The minimum atomic E-state index is -0.313. The summed E-state index contributed by atoms with van der Waals surface area (Å²) in [6.45, 7) is 3.76. The standard InChI is InChI=1S/C11H16FN5/c1-7(2)15-10(13)17-11(14)16-9-5-3-8(12)4-6-9/h3-7H,1-2H3,(H5,13,14,15,16,17). The molecule has 1 rings (SSSR count). The number of rotatable bonds is 2. The van der Waals surface area contributed by atoms with Gasteiger partial charge >= 0.3 is 0 Å². The Morgan fingerprint density at radius 3 is 2.35 bits per heavy atom. The van der Waals surface area contributed by atoms with Gasteiger partial charge in [-0.2, -0.15) is 4.99 Å². The van der Waals surface area contributed by atoms with Crippen LogP contribution in [-0.4, -0.2) is 18.0 Å². The lowest BCUT2D eigenvalue weighted by atomic mass is 10.3. The topological polar surface area (TPSA) is 88.8 Å². The first-order chi connectivity index (χ1) is 7.97. The third-order valence-electron chi connectivity index (χ3n) is 1.74. The molecular weight excluding hydrogens is 221 g/mol. The van der Waals surface area contributed by atoms with E-state index >= 15 is 0 Å². The summed E-state index contributed by atoms with van der Waals surface area (Å²) in [5.74, 6) is -0.0995. The molecule has 0 saturated heterocycles. The van der Waals surface area contributed by atoms with E-state index in [4.69, 9.17) is 11.5 Å². The molecule has 0 aliphatic carbocycles. The molecule has 0 aliphatic rings. The van der Waals surface area contributed by atoms with Gasteiger partial charge in [-0.15, -0.1) is 0 Å². The van der Waals surface area contributed by atoms with Gasteiger partial charge in [-0.25, -0.2) is 9.38 Å². The average Bonchev–Trinajstić information content (AvgIpc) is 2.19. The molecule has 0 saturated carbocycles. The van der Waals surface area contributed by atoms with Crippen molar-refractivity contribution >= 4 is 17.6 Å². The predicted molar refractivity (Wildman–Crippen MR) is 68.4 cm³/mol. The monoisotopic (exact) mass is 237 g/mol. The Labute approximate surface area is 99.4 Å². The molecule has 0 aliphatic heterocycles. The zero-order chi connectivity index (χ0) is 12.8. The largest absolute Gasteiger partial charge is 0.369 e. The van der Waals surface area contributed by atoms with Crippen LogP contribution in [0.5, 0.6) is 0 Å². The smallest absolute Gasteiger partial charge is 0.218 e. The summed E-state index contributed by atoms with van der Waals surface area (Å²) < 4.78 is 12.6. The van der Waals surface area contributed by atoms with Crippen LogP contribution >= 0.6 is 0 Å². The molecule has 1 aromatic carbocycles. The lowest BCUT2D eigenvalue weighted by Crippen LogP contribution is -2.26. The van der Waals surface area contributed by atoms with E-state index in [9.17, 15) is 4.39 Å². The molecule has 0 bridgehead atoms. The van der Waals surface area contributed by atoms with Gasteiger partial charge in [0.05, 0.1) is 0 Å². The number of aliphatic imine (C=N–C) groups is 2. The van der Waals surface area contributed by atoms with Crippen LogP contribution in [0.3, 0.4) is 0 Å². The molecule has 6 heteroatoms. The molecule has 5 nitrogen and oxygen atoms in total. The molecular formula is C11H16FN5. The maximum absolute atomic E-state index is 12.6. The van der Waals surface area contributed by atoms with Crippen molar-refractivity contribution in [2.24, 2.45) is 21.5 Å². The van der Waals surface area contributed by atoms with Crippen LogP contribution < -0.4 is 16.8 Å². The van der Waals surface area contributed by atoms with Crippen molar-refractivity contribution in [3.05, 3.63) is 30.1 Å². The number of nitrogens with two attached hydrogens (primary N) is 2. The van der Waals surface area contributed by atoms with E-state index in [0.29, 0.717) is 5.69 Å². The van der Waals surface area contributed by atoms with Gasteiger partial charge in [-0.1, -0.05) is 0 Å². The van der Waals surface area contributed by atoms with E-state index in [1.807, 2.05) is 13.8 Å². The van der Waals surface area contributed by atoms with E-state index in [1.54, 1.807) is 12.1 Å². The summed E-state index contributed by atoms with van der Waals surface area (Å²) in [4.78, 5) is 7.85. The van der Waals surface area contributed by atoms with Crippen LogP contribution in [0.1, 0.15) is 13.8 Å². The van der Waals surface area contributed by atoms with E-state index in [0.717, 1.165) is 0 Å². The van der Waals surface area contributed by atoms with Crippen molar-refractivity contribution in [2.45, 2.75) is 19.9 Å². The van der Waals surface area contributed by atoms with Gasteiger partial charge in [0.15, 0.2) is 0 Å². The quantitative estimate of drug-likeness (QED) is 0.534. The Bertz CT molecular complexity index is 422. The fourth-order valence-electron chi connectivity index (χ4n) is 1.13. The van der Waals surface area contributed by atoms with Gasteiger partial charge in [0.2, 0.25) is 11.9 Å². The molecule has 0 fully saturated rings. The second-order valence-corrected chi connectivity index (χ2v) is 3.71. The summed E-state index contributed by atoms with van der Waals surface area (Å²) in [5.41, 5.74) is 11.8. The van der Waals surface area contributed by atoms with E-state index in [1.165, 1.54) is 12.1 Å². The molecule has 1 aromatic rings. The number of nitrogens with zero attached hydrogens (tertiary/aromatic N) is 2. The number of guanidine groups is 2. The Morgan fingerprint density at radius 2 is 1.82 bits per heavy atom. The summed E-state index contributed by atoms with van der Waals surface area (Å²) >= 11 is 0. The normalized spacial score (nSPS) is 12.9. The summed E-state index contributed by atoms with van der Waals surface area (Å²) in [6.07, 6.45) is 0. The highest BCUT2D eigenvalue weighted by molar-refractivity contribution is 6.00. The zero-order valence-electron chi connectivity index (χ0n) is 9.81. The van der Waals surface area contributed by atoms with Crippen molar-refractivity contribution in [3.63, 3.8) is 0 Å². The third kappa shape index (κ3) is 4.96. The first kappa shape index (κ1) is 13.0. The first-order valence-electron chi connectivity index (χ1n) is 5.17. The van der Waals surface area contributed by atoms with E-state index in [-0.39, 0.29) is 23.8 Å². The molecule has 0 spiro atoms.